The number of carbonyl (C=O) groups is 1. The van der Waals surface area contributed by atoms with Crippen LogP contribution in [0, 0.1) is 12.7 Å². The maximum atomic E-state index is 14.1. The molecule has 2 aromatic carbocycles. The van der Waals surface area contributed by atoms with E-state index in [-0.39, 0.29) is 10.6 Å². The number of benzene rings is 2. The molecule has 4 nitrogen and oxygen atoms in total. The summed E-state index contributed by atoms with van der Waals surface area (Å²) in [6.07, 6.45) is 0. The number of anilines is 1. The van der Waals surface area contributed by atoms with E-state index in [1.54, 1.807) is 25.1 Å². The number of halogens is 2. The number of hydrogen-bond donors (Lipinski definition) is 1. The van der Waals surface area contributed by atoms with E-state index < -0.39 is 17.3 Å². The number of rotatable bonds is 1. The minimum absolute atomic E-state index is 0.0551. The monoisotopic (exact) mass is 330 g/mol. The molecule has 0 atom stereocenters. The Bertz CT molecular complexity index is 991. The van der Waals surface area contributed by atoms with Gasteiger partial charge in [0.15, 0.2) is 0 Å². The number of pyridine rings is 1. The van der Waals surface area contributed by atoms with Gasteiger partial charge in [-0.05, 0) is 42.6 Å². The predicted molar refractivity (Wildman–Crippen MR) is 88.5 cm³/mol. The highest BCUT2D eigenvalue weighted by Gasteiger charge is 2.21. The fourth-order valence-corrected chi connectivity index (χ4v) is 2.72. The maximum absolute atomic E-state index is 14.1. The third-order valence-electron chi connectivity index (χ3n) is 3.59. The molecule has 0 aliphatic rings. The fraction of sp³-hybridized carbons (Fsp3) is 0.0588. The number of nitrogens with two attached hydrogens (primary N) is 1. The first-order valence-electron chi connectivity index (χ1n) is 6.81. The zero-order valence-electron chi connectivity index (χ0n) is 12.1. The highest BCUT2D eigenvalue weighted by Crippen LogP contribution is 2.23. The van der Waals surface area contributed by atoms with Gasteiger partial charge in [-0.1, -0.05) is 23.7 Å². The average Bonchev–Trinajstić information content (AvgIpc) is 2.49. The largest absolute Gasteiger partial charge is 0.399 e. The summed E-state index contributed by atoms with van der Waals surface area (Å²) in [5.74, 6) is -1.61. The van der Waals surface area contributed by atoms with E-state index in [9.17, 15) is 14.0 Å². The number of aromatic nitrogens is 1. The molecule has 0 amide bonds. The summed E-state index contributed by atoms with van der Waals surface area (Å²) >= 11 is 5.95. The number of nitrogens with zero attached hydrogens (tertiary/aromatic N) is 1. The fourth-order valence-electron chi connectivity index (χ4n) is 2.47. The van der Waals surface area contributed by atoms with Crippen LogP contribution < -0.4 is 11.3 Å². The van der Waals surface area contributed by atoms with Gasteiger partial charge >= 0.3 is 0 Å². The van der Waals surface area contributed by atoms with Crippen LogP contribution in [-0.4, -0.2) is 10.5 Å². The predicted octanol–water partition coefficient (Wildman–Crippen LogP) is 3.37. The van der Waals surface area contributed by atoms with Crippen LogP contribution in [0.2, 0.25) is 5.02 Å². The van der Waals surface area contributed by atoms with Crippen molar-refractivity contribution in [1.29, 1.82) is 0 Å². The topological polar surface area (TPSA) is 65.1 Å². The minimum atomic E-state index is -0.822. The van der Waals surface area contributed by atoms with Crippen LogP contribution in [0.4, 0.5) is 10.1 Å². The molecule has 1 aromatic heterocycles. The van der Waals surface area contributed by atoms with Crippen molar-refractivity contribution >= 4 is 34.1 Å². The van der Waals surface area contributed by atoms with E-state index in [4.69, 9.17) is 17.3 Å². The molecule has 116 valence electrons. The summed E-state index contributed by atoms with van der Waals surface area (Å²) in [5.41, 5.74) is 5.94. The van der Waals surface area contributed by atoms with E-state index in [0.29, 0.717) is 22.2 Å². The maximum Gasteiger partial charge on any atom is 0.269 e. The summed E-state index contributed by atoms with van der Waals surface area (Å²) in [4.78, 5) is 25.3. The van der Waals surface area contributed by atoms with Crippen LogP contribution >= 0.6 is 11.6 Å². The molecule has 0 unspecified atom stereocenters. The Balaban J connectivity index is 2.39. The van der Waals surface area contributed by atoms with Gasteiger partial charge in [-0.2, -0.15) is 0 Å². The summed E-state index contributed by atoms with van der Waals surface area (Å²) in [6.45, 7) is 1.59. The number of fused-ring (bicyclic) bond motifs is 1. The van der Waals surface area contributed by atoms with Crippen LogP contribution in [0.3, 0.4) is 0 Å². The number of hydrogen-bond acceptors (Lipinski definition) is 3. The van der Waals surface area contributed by atoms with Crippen molar-refractivity contribution in [2.24, 2.45) is 0 Å². The quantitative estimate of drug-likeness (QED) is 0.696. The van der Waals surface area contributed by atoms with Crippen molar-refractivity contribution in [2.75, 3.05) is 5.73 Å². The molecule has 0 aliphatic carbocycles. The van der Waals surface area contributed by atoms with Crippen molar-refractivity contribution in [1.82, 2.24) is 4.57 Å². The van der Waals surface area contributed by atoms with Gasteiger partial charge < -0.3 is 5.73 Å². The zero-order chi connectivity index (χ0) is 16.7. The molecule has 0 saturated carbocycles. The summed E-state index contributed by atoms with van der Waals surface area (Å²) in [5, 5.41) is 0.595. The molecule has 3 rings (SSSR count). The molecule has 0 saturated heterocycles. The smallest absolute Gasteiger partial charge is 0.269 e. The van der Waals surface area contributed by atoms with Crippen molar-refractivity contribution in [3.63, 3.8) is 0 Å². The second-order valence-electron chi connectivity index (χ2n) is 5.19. The lowest BCUT2D eigenvalue weighted by molar-refractivity contribution is 0.0957. The molecule has 0 bridgehead atoms. The second kappa shape index (κ2) is 5.52. The molecule has 0 aliphatic heterocycles. The SMILES string of the molecule is Cc1cc2ccc(N)cc2n(C(=O)c2c(F)cccc2Cl)c1=O. The molecule has 0 fully saturated rings. The molecule has 0 radical (unpaired) electrons. The van der Waals surface area contributed by atoms with Crippen LogP contribution in [0.25, 0.3) is 10.9 Å². The van der Waals surface area contributed by atoms with Gasteiger partial charge in [-0.15, -0.1) is 0 Å². The lowest BCUT2D eigenvalue weighted by atomic mass is 10.1. The Kier molecular flexibility index (Phi) is 3.66. The lowest BCUT2D eigenvalue weighted by Crippen LogP contribution is -2.30. The van der Waals surface area contributed by atoms with Crippen molar-refractivity contribution in [2.45, 2.75) is 6.92 Å². The van der Waals surface area contributed by atoms with Gasteiger partial charge in [0.1, 0.15) is 5.82 Å². The van der Waals surface area contributed by atoms with Crippen LogP contribution in [-0.2, 0) is 0 Å². The van der Waals surface area contributed by atoms with E-state index in [2.05, 4.69) is 0 Å². The van der Waals surface area contributed by atoms with Crippen LogP contribution in [0.5, 0.6) is 0 Å². The second-order valence-corrected chi connectivity index (χ2v) is 5.60. The summed E-state index contributed by atoms with van der Waals surface area (Å²) < 4.78 is 15.0. The minimum Gasteiger partial charge on any atom is -0.399 e. The third kappa shape index (κ3) is 2.49. The van der Waals surface area contributed by atoms with Crippen molar-refractivity contribution in [3.8, 4) is 0 Å². The zero-order valence-corrected chi connectivity index (χ0v) is 12.9. The van der Waals surface area contributed by atoms with Gasteiger partial charge in [-0.3, -0.25) is 9.59 Å². The molecule has 23 heavy (non-hydrogen) atoms. The van der Waals surface area contributed by atoms with Gasteiger partial charge in [-0.25, -0.2) is 8.96 Å². The number of nitrogen functional groups attached to an aromatic ring is 1. The third-order valence-corrected chi connectivity index (χ3v) is 3.90. The highest BCUT2D eigenvalue weighted by atomic mass is 35.5. The Morgan fingerprint density at radius 2 is 1.96 bits per heavy atom. The van der Waals surface area contributed by atoms with E-state index >= 15 is 0 Å². The number of aryl methyl sites for hydroxylation is 1. The lowest BCUT2D eigenvalue weighted by Gasteiger charge is -2.12. The molecule has 6 heteroatoms. The van der Waals surface area contributed by atoms with Crippen LogP contribution in [0.15, 0.2) is 47.3 Å². The molecule has 2 N–H and O–H groups in total. The average molecular weight is 331 g/mol. The van der Waals surface area contributed by atoms with Gasteiger partial charge in [0.25, 0.3) is 11.5 Å². The van der Waals surface area contributed by atoms with E-state index in [1.165, 1.54) is 18.2 Å². The Labute approximate surface area is 135 Å². The Morgan fingerprint density at radius 1 is 1.22 bits per heavy atom. The van der Waals surface area contributed by atoms with Crippen molar-refractivity contribution in [3.05, 3.63) is 74.8 Å². The van der Waals surface area contributed by atoms with Gasteiger partial charge in [0.05, 0.1) is 16.1 Å². The van der Waals surface area contributed by atoms with Crippen molar-refractivity contribution < 1.29 is 9.18 Å². The molecule has 0 spiro atoms. The standard InChI is InChI=1S/C17H12ClFN2O2/c1-9-7-10-5-6-11(20)8-14(10)21(16(9)22)17(23)15-12(18)3-2-4-13(15)19/h2-8H,20H2,1H3. The summed E-state index contributed by atoms with van der Waals surface area (Å²) in [7, 11) is 0. The number of carbonyl (C=O) groups excluding carboxylic acids is 1. The normalized spacial score (nSPS) is 10.9. The molecule has 1 heterocycles. The molecular formula is C17H12ClFN2O2. The van der Waals surface area contributed by atoms with Gasteiger partial charge in [0, 0.05) is 11.3 Å². The van der Waals surface area contributed by atoms with E-state index in [0.717, 1.165) is 10.6 Å². The first-order chi connectivity index (χ1) is 10.9. The first kappa shape index (κ1) is 15.2. The van der Waals surface area contributed by atoms with Gasteiger partial charge in [0.2, 0.25) is 0 Å². The molecule has 3 aromatic rings. The molecular weight excluding hydrogens is 319 g/mol. The Morgan fingerprint density at radius 3 is 2.65 bits per heavy atom. The summed E-state index contributed by atoms with van der Waals surface area (Å²) in [6, 6.07) is 10.4. The first-order valence-corrected chi connectivity index (χ1v) is 7.18. The van der Waals surface area contributed by atoms with E-state index in [1.807, 2.05) is 0 Å². The van der Waals surface area contributed by atoms with Crippen LogP contribution in [0.1, 0.15) is 15.9 Å². The Hall–Kier alpha value is -2.66. The highest BCUT2D eigenvalue weighted by molar-refractivity contribution is 6.34.